The van der Waals surface area contributed by atoms with Crippen molar-refractivity contribution in [1.29, 1.82) is 0 Å². The molecule has 4 rings (SSSR count). The number of ether oxygens (including phenoxy) is 1. The summed E-state index contributed by atoms with van der Waals surface area (Å²) < 4.78 is 8.50. The van der Waals surface area contributed by atoms with Crippen LogP contribution in [0.1, 0.15) is 22.4 Å². The smallest absolute Gasteiger partial charge is 0.368 e. The van der Waals surface area contributed by atoms with Crippen LogP contribution in [-0.2, 0) is 13.7 Å². The molecule has 0 spiro atoms. The van der Waals surface area contributed by atoms with Crippen molar-refractivity contribution >= 4 is 5.69 Å². The van der Waals surface area contributed by atoms with Gasteiger partial charge in [-0.15, -0.1) is 0 Å². The number of benzene rings is 2. The summed E-state index contributed by atoms with van der Waals surface area (Å²) in [6.45, 7) is 6.18. The largest absolute Gasteiger partial charge is 0.487 e. The number of aromatic nitrogens is 5. The van der Waals surface area contributed by atoms with E-state index in [9.17, 15) is 4.79 Å². The predicted octanol–water partition coefficient (Wildman–Crippen LogP) is 3.11. The molecule has 31 heavy (non-hydrogen) atoms. The van der Waals surface area contributed by atoms with Crippen molar-refractivity contribution < 1.29 is 4.74 Å². The van der Waals surface area contributed by atoms with Crippen LogP contribution in [0.2, 0.25) is 0 Å². The molecule has 0 aliphatic heterocycles. The second kappa shape index (κ2) is 8.06. The zero-order valence-electron chi connectivity index (χ0n) is 18.0. The molecule has 0 unspecified atom stereocenters. The first-order valence-corrected chi connectivity index (χ1v) is 9.90. The van der Waals surface area contributed by atoms with Crippen molar-refractivity contribution in [2.45, 2.75) is 27.4 Å². The van der Waals surface area contributed by atoms with Crippen molar-refractivity contribution in [3.8, 4) is 22.7 Å². The van der Waals surface area contributed by atoms with Gasteiger partial charge in [0.2, 0.25) is 0 Å². The molecular formula is C23H24N6O2. The fourth-order valence-electron chi connectivity index (χ4n) is 3.43. The minimum Gasteiger partial charge on any atom is -0.487 e. The first-order valence-electron chi connectivity index (χ1n) is 9.90. The molecular weight excluding hydrogens is 392 g/mol. The lowest BCUT2D eigenvalue weighted by Crippen LogP contribution is -2.23. The molecule has 0 saturated heterocycles. The maximum atomic E-state index is 12.3. The van der Waals surface area contributed by atoms with Crippen LogP contribution in [0.25, 0.3) is 16.9 Å². The minimum atomic E-state index is -0.322. The maximum Gasteiger partial charge on any atom is 0.368 e. The van der Waals surface area contributed by atoms with Gasteiger partial charge in [-0.05, 0) is 72.7 Å². The highest BCUT2D eigenvalue weighted by Gasteiger charge is 2.14. The van der Waals surface area contributed by atoms with E-state index < -0.39 is 0 Å². The molecule has 2 aromatic heterocycles. The second-order valence-electron chi connectivity index (χ2n) is 7.53. The van der Waals surface area contributed by atoms with E-state index in [-0.39, 0.29) is 12.3 Å². The van der Waals surface area contributed by atoms with Gasteiger partial charge in [-0.1, -0.05) is 18.2 Å². The zero-order valence-corrected chi connectivity index (χ0v) is 18.0. The Morgan fingerprint density at radius 1 is 1.00 bits per heavy atom. The number of anilines is 1. The first kappa shape index (κ1) is 20.3. The van der Waals surface area contributed by atoms with Gasteiger partial charge in [-0.25, -0.2) is 4.79 Å². The Morgan fingerprint density at radius 2 is 1.81 bits per heavy atom. The highest BCUT2D eigenvalue weighted by atomic mass is 16.5. The number of nitrogen functional groups attached to an aromatic ring is 1. The molecule has 158 valence electrons. The van der Waals surface area contributed by atoms with Crippen LogP contribution in [0.5, 0.6) is 5.75 Å². The highest BCUT2D eigenvalue weighted by molar-refractivity contribution is 5.70. The van der Waals surface area contributed by atoms with Crippen molar-refractivity contribution in [3.63, 3.8) is 0 Å². The average molecular weight is 416 g/mol. The van der Waals surface area contributed by atoms with Crippen LogP contribution in [0.3, 0.4) is 0 Å². The van der Waals surface area contributed by atoms with Crippen LogP contribution in [0.15, 0.2) is 53.3 Å². The molecule has 0 atom stereocenters. The Balaban J connectivity index is 1.63. The summed E-state index contributed by atoms with van der Waals surface area (Å²) >= 11 is 0. The van der Waals surface area contributed by atoms with Crippen molar-refractivity contribution in [2.24, 2.45) is 7.05 Å². The first-order chi connectivity index (χ1) is 14.8. The molecule has 0 aliphatic carbocycles. The van der Waals surface area contributed by atoms with Crippen molar-refractivity contribution in [1.82, 2.24) is 24.8 Å². The van der Waals surface area contributed by atoms with Gasteiger partial charge in [-0.2, -0.15) is 9.36 Å². The Labute approximate surface area is 179 Å². The molecule has 0 amide bonds. The lowest BCUT2D eigenvalue weighted by Gasteiger charge is -2.15. The monoisotopic (exact) mass is 416 g/mol. The zero-order chi connectivity index (χ0) is 22.1. The predicted molar refractivity (Wildman–Crippen MR) is 119 cm³/mol. The Hall–Kier alpha value is -3.94. The molecule has 8 nitrogen and oxygen atoms in total. The van der Waals surface area contributed by atoms with Crippen molar-refractivity contribution in [2.75, 3.05) is 5.73 Å². The third kappa shape index (κ3) is 3.92. The van der Waals surface area contributed by atoms with E-state index in [1.165, 1.54) is 9.36 Å². The Kier molecular flexibility index (Phi) is 5.29. The quantitative estimate of drug-likeness (QED) is 0.502. The van der Waals surface area contributed by atoms with E-state index >= 15 is 0 Å². The van der Waals surface area contributed by atoms with Gasteiger partial charge < -0.3 is 10.5 Å². The normalized spacial score (nSPS) is 11.0. The number of rotatable bonds is 5. The van der Waals surface area contributed by atoms with Gasteiger partial charge in [-0.3, -0.25) is 4.98 Å². The van der Waals surface area contributed by atoms with Gasteiger partial charge in [0.1, 0.15) is 12.4 Å². The molecule has 2 N–H and O–H groups in total. The van der Waals surface area contributed by atoms with Crippen LogP contribution in [0, 0.1) is 20.8 Å². The van der Waals surface area contributed by atoms with E-state index in [0.717, 1.165) is 33.6 Å². The molecule has 0 radical (unpaired) electrons. The second-order valence-corrected chi connectivity index (χ2v) is 7.53. The number of nitrogens with zero attached hydrogens (tertiary/aromatic N) is 5. The Morgan fingerprint density at radius 3 is 2.52 bits per heavy atom. The van der Waals surface area contributed by atoms with Crippen LogP contribution < -0.4 is 16.2 Å². The fourth-order valence-corrected chi connectivity index (χ4v) is 3.43. The third-order valence-electron chi connectivity index (χ3n) is 5.23. The van der Waals surface area contributed by atoms with E-state index in [1.54, 1.807) is 7.05 Å². The summed E-state index contributed by atoms with van der Waals surface area (Å²) in [5.41, 5.74) is 12.8. The topological polar surface area (TPSA) is 101 Å². The maximum absolute atomic E-state index is 12.3. The van der Waals surface area contributed by atoms with Gasteiger partial charge in [0.15, 0.2) is 0 Å². The number of pyridine rings is 1. The van der Waals surface area contributed by atoms with Gasteiger partial charge >= 0.3 is 5.69 Å². The molecule has 0 saturated carbocycles. The van der Waals surface area contributed by atoms with Gasteiger partial charge in [0.05, 0.1) is 17.1 Å². The van der Waals surface area contributed by atoms with Crippen LogP contribution >= 0.6 is 0 Å². The molecule has 8 heteroatoms. The number of hydrogen-bond donors (Lipinski definition) is 1. The standard InChI is InChI=1S/C23H24N6O2/c1-14-6-5-7-20(29-23(30)28(4)26-27-29)18(14)13-31-21-11-10-17(12-19(21)24)22-15(2)8-9-16(3)25-22/h5-12H,13,24H2,1-4H3. The average Bonchev–Trinajstić information content (AvgIpc) is 3.08. The summed E-state index contributed by atoms with van der Waals surface area (Å²) in [7, 11) is 1.56. The molecule has 2 heterocycles. The van der Waals surface area contributed by atoms with E-state index in [4.69, 9.17) is 10.5 Å². The van der Waals surface area contributed by atoms with Crippen molar-refractivity contribution in [3.05, 3.63) is 81.4 Å². The number of aryl methyl sites for hydroxylation is 4. The lowest BCUT2D eigenvalue weighted by molar-refractivity contribution is 0.306. The molecule has 0 bridgehead atoms. The summed E-state index contributed by atoms with van der Waals surface area (Å²) in [6, 6.07) is 15.4. The third-order valence-corrected chi connectivity index (χ3v) is 5.23. The molecule has 0 fully saturated rings. The summed E-state index contributed by atoms with van der Waals surface area (Å²) in [4.78, 5) is 16.9. The minimum absolute atomic E-state index is 0.232. The SMILES string of the molecule is Cc1ccc(C)c(-c2ccc(OCc3c(C)cccc3-n3nnn(C)c3=O)c(N)c2)n1. The number of tetrazole rings is 1. The van der Waals surface area contributed by atoms with E-state index in [0.29, 0.717) is 17.1 Å². The summed E-state index contributed by atoms with van der Waals surface area (Å²) in [5.74, 6) is 0.565. The Bertz CT molecular complexity index is 1320. The van der Waals surface area contributed by atoms with Gasteiger partial charge in [0.25, 0.3) is 0 Å². The van der Waals surface area contributed by atoms with E-state index in [1.807, 2.05) is 69.3 Å². The van der Waals surface area contributed by atoms with Crippen LogP contribution in [0.4, 0.5) is 5.69 Å². The molecule has 0 aliphatic rings. The fraction of sp³-hybridized carbons (Fsp3) is 0.217. The summed E-state index contributed by atoms with van der Waals surface area (Å²) in [6.07, 6.45) is 0. The molecule has 2 aromatic carbocycles. The number of nitrogens with two attached hydrogens (primary N) is 1. The summed E-state index contributed by atoms with van der Waals surface area (Å²) in [5, 5.41) is 7.75. The van der Waals surface area contributed by atoms with E-state index in [2.05, 4.69) is 15.4 Å². The molecule has 4 aromatic rings. The van der Waals surface area contributed by atoms with Crippen LogP contribution in [-0.4, -0.2) is 24.8 Å². The lowest BCUT2D eigenvalue weighted by atomic mass is 10.0. The number of hydrogen-bond acceptors (Lipinski definition) is 6. The highest BCUT2D eigenvalue weighted by Crippen LogP contribution is 2.30. The van der Waals surface area contributed by atoms with Gasteiger partial charge in [0, 0.05) is 23.9 Å².